The summed E-state index contributed by atoms with van der Waals surface area (Å²) >= 11 is 6.34. The summed E-state index contributed by atoms with van der Waals surface area (Å²) in [4.78, 5) is 17.5. The van der Waals surface area contributed by atoms with E-state index in [2.05, 4.69) is 9.97 Å². The molecular weight excluding hydrogens is 434 g/mol. The fourth-order valence-electron chi connectivity index (χ4n) is 2.15. The number of aromatic nitrogens is 2. The smallest absolute Gasteiger partial charge is 0.354 e. The van der Waals surface area contributed by atoms with Crippen LogP contribution in [-0.4, -0.2) is 56.6 Å². The molecule has 12 N–H and O–H groups in total. The molecule has 0 aliphatic carbocycles. The van der Waals surface area contributed by atoms with Gasteiger partial charge in [-0.25, -0.2) is 4.79 Å². The molecule has 0 fully saturated rings. The van der Waals surface area contributed by atoms with E-state index in [-0.39, 0.29) is 27.9 Å². The molecule has 10 nitrogen and oxygen atoms in total. The van der Waals surface area contributed by atoms with Gasteiger partial charge in [-0.1, -0.05) is 18.3 Å². The minimum Gasteiger partial charge on any atom is -0.483 e. The van der Waals surface area contributed by atoms with Crippen LogP contribution >= 0.6 is 24.0 Å². The third-order valence-electron chi connectivity index (χ3n) is 3.25. The Morgan fingerprint density at radius 2 is 1.87 bits per heavy atom. The van der Waals surface area contributed by atoms with E-state index in [1.165, 1.54) is 0 Å². The van der Waals surface area contributed by atoms with Gasteiger partial charge in [0.05, 0.1) is 17.8 Å². The summed E-state index contributed by atoms with van der Waals surface area (Å²) < 4.78 is 11.2. The number of esters is 1. The summed E-state index contributed by atoms with van der Waals surface area (Å²) in [5.41, 5.74) is 7.61. The average molecular weight is 464 g/mol. The highest BCUT2D eigenvalue weighted by molar-refractivity contribution is 7.98. The van der Waals surface area contributed by atoms with Gasteiger partial charge in [0, 0.05) is 17.6 Å². The third kappa shape index (κ3) is 9.26. The SMILES string of the molecule is CCOC(=O)c1cc2cc(OCSC)cc(N)c2[nH]1.O.O.O.O.S=c1cccc[nH]1. The Balaban J connectivity index is -0.000000573. The zero-order valence-electron chi connectivity index (χ0n) is 16.6. The molecule has 0 spiro atoms. The minimum absolute atomic E-state index is 0. The normalized spacial score (nSPS) is 8.73. The van der Waals surface area contributed by atoms with Crippen LogP contribution in [0.25, 0.3) is 10.9 Å². The molecule has 0 aliphatic rings. The van der Waals surface area contributed by atoms with E-state index in [1.54, 1.807) is 30.8 Å². The molecule has 3 aromatic rings. The predicted octanol–water partition coefficient (Wildman–Crippen LogP) is 1.07. The van der Waals surface area contributed by atoms with E-state index in [4.69, 9.17) is 27.4 Å². The van der Waals surface area contributed by atoms with Crippen molar-refractivity contribution < 1.29 is 36.2 Å². The molecule has 2 aromatic heterocycles. The number of nitrogens with one attached hydrogen (secondary N) is 2. The van der Waals surface area contributed by atoms with Crippen LogP contribution in [0.4, 0.5) is 5.69 Å². The molecule has 0 saturated heterocycles. The van der Waals surface area contributed by atoms with Crippen LogP contribution in [0.15, 0.2) is 42.6 Å². The van der Waals surface area contributed by atoms with Crippen molar-refractivity contribution in [3.63, 3.8) is 0 Å². The number of benzene rings is 1. The number of fused-ring (bicyclic) bond motifs is 1. The first-order chi connectivity index (χ1) is 12.5. The number of hydrogen-bond acceptors (Lipinski definition) is 6. The summed E-state index contributed by atoms with van der Waals surface area (Å²) in [5.74, 6) is 0.860. The largest absolute Gasteiger partial charge is 0.483 e. The van der Waals surface area contributed by atoms with E-state index in [9.17, 15) is 4.79 Å². The first kappa shape index (κ1) is 32.1. The zero-order valence-corrected chi connectivity index (χ0v) is 18.2. The molecule has 0 atom stereocenters. The van der Waals surface area contributed by atoms with Crippen molar-refractivity contribution >= 4 is 46.5 Å². The highest BCUT2D eigenvalue weighted by atomic mass is 32.2. The number of aromatic amines is 2. The molecule has 0 aliphatic heterocycles. The second kappa shape index (κ2) is 16.2. The predicted molar refractivity (Wildman–Crippen MR) is 124 cm³/mol. The first-order valence-electron chi connectivity index (χ1n) is 7.90. The summed E-state index contributed by atoms with van der Waals surface area (Å²) in [6.45, 7) is 2.11. The minimum atomic E-state index is -0.385. The Bertz CT molecular complexity index is 914. The van der Waals surface area contributed by atoms with Crippen molar-refractivity contribution in [1.29, 1.82) is 0 Å². The maximum absolute atomic E-state index is 11.7. The molecule has 0 bridgehead atoms. The molecule has 170 valence electrons. The fraction of sp³-hybridized carbons (Fsp3) is 0.222. The van der Waals surface area contributed by atoms with Crippen molar-refractivity contribution in [3.05, 3.63) is 52.9 Å². The van der Waals surface area contributed by atoms with E-state index in [0.717, 1.165) is 15.5 Å². The number of pyridine rings is 1. The lowest BCUT2D eigenvalue weighted by atomic mass is 10.2. The lowest BCUT2D eigenvalue weighted by Crippen LogP contribution is -2.04. The van der Waals surface area contributed by atoms with Gasteiger partial charge in [-0.2, -0.15) is 0 Å². The van der Waals surface area contributed by atoms with Crippen LogP contribution < -0.4 is 10.5 Å². The van der Waals surface area contributed by atoms with Crippen molar-refractivity contribution in [2.45, 2.75) is 6.92 Å². The Labute approximate surface area is 183 Å². The van der Waals surface area contributed by atoms with Crippen LogP contribution in [0.1, 0.15) is 17.4 Å². The van der Waals surface area contributed by atoms with Gasteiger partial charge in [-0.15, -0.1) is 11.8 Å². The van der Waals surface area contributed by atoms with Gasteiger partial charge in [0.15, 0.2) is 0 Å². The number of carbonyl (C=O) groups excluding carboxylic acids is 1. The van der Waals surface area contributed by atoms with Crippen molar-refractivity contribution in [1.82, 2.24) is 9.97 Å². The van der Waals surface area contributed by atoms with Gasteiger partial charge in [0.1, 0.15) is 22.0 Å². The topological polar surface area (TPSA) is 219 Å². The van der Waals surface area contributed by atoms with E-state index >= 15 is 0 Å². The third-order valence-corrected chi connectivity index (χ3v) is 3.86. The van der Waals surface area contributed by atoms with Crippen LogP contribution in [-0.2, 0) is 4.74 Å². The highest BCUT2D eigenvalue weighted by Gasteiger charge is 2.12. The molecule has 1 aromatic carbocycles. The van der Waals surface area contributed by atoms with Gasteiger partial charge in [0.2, 0.25) is 0 Å². The van der Waals surface area contributed by atoms with Crippen LogP contribution in [0.5, 0.6) is 5.75 Å². The molecule has 3 rings (SSSR count). The van der Waals surface area contributed by atoms with Crippen LogP contribution in [0.2, 0.25) is 0 Å². The first-order valence-corrected chi connectivity index (χ1v) is 9.70. The van der Waals surface area contributed by atoms with Gasteiger partial charge in [-0.05, 0) is 37.4 Å². The zero-order chi connectivity index (χ0) is 18.9. The lowest BCUT2D eigenvalue weighted by molar-refractivity contribution is 0.0520. The van der Waals surface area contributed by atoms with E-state index in [1.807, 2.05) is 36.7 Å². The molecule has 0 amide bonds. The molecule has 0 unspecified atom stereocenters. The van der Waals surface area contributed by atoms with Gasteiger partial charge in [-0.3, -0.25) is 0 Å². The van der Waals surface area contributed by atoms with Crippen molar-refractivity contribution in [3.8, 4) is 5.75 Å². The Hall–Kier alpha value is -2.61. The quantitative estimate of drug-likeness (QED) is 0.217. The number of nitrogens with two attached hydrogens (primary N) is 1. The number of thioether (sulfide) groups is 1. The average Bonchev–Trinajstić information content (AvgIpc) is 3.06. The van der Waals surface area contributed by atoms with Crippen molar-refractivity contribution in [2.75, 3.05) is 24.5 Å². The summed E-state index contributed by atoms with van der Waals surface area (Å²) in [7, 11) is 0. The maximum Gasteiger partial charge on any atom is 0.354 e. The Morgan fingerprint density at radius 1 is 1.17 bits per heavy atom. The summed E-state index contributed by atoms with van der Waals surface area (Å²) in [6, 6.07) is 10.9. The van der Waals surface area contributed by atoms with Gasteiger partial charge < -0.3 is 47.1 Å². The van der Waals surface area contributed by atoms with Crippen molar-refractivity contribution in [2.24, 2.45) is 0 Å². The number of carbonyl (C=O) groups is 1. The number of nitrogen functional groups attached to an aromatic ring is 1. The Kier molecular flexibility index (Phi) is 17.3. The molecule has 2 heterocycles. The molecular formula is C18H29N3O7S2. The van der Waals surface area contributed by atoms with E-state index < -0.39 is 0 Å². The summed E-state index contributed by atoms with van der Waals surface area (Å²) in [6.07, 6.45) is 3.76. The second-order valence-electron chi connectivity index (χ2n) is 5.16. The lowest BCUT2D eigenvalue weighted by Gasteiger charge is -2.05. The standard InChI is InChI=1S/C13H16N2O3S.C5H5NS.4H2O/c1-3-17-13(16)11-5-8-4-9(18-7-19-2)6-10(14)12(8)15-11;7-5-3-1-2-4-6-5;;;;/h4-6,15H,3,7,14H2,1-2H3;1-4H,(H,6,7);4*1H2. The van der Waals surface area contributed by atoms with Crippen LogP contribution in [0, 0.1) is 4.64 Å². The Morgan fingerprint density at radius 3 is 2.37 bits per heavy atom. The highest BCUT2D eigenvalue weighted by Crippen LogP contribution is 2.28. The monoisotopic (exact) mass is 463 g/mol. The van der Waals surface area contributed by atoms with Crippen LogP contribution in [0.3, 0.4) is 0 Å². The maximum atomic E-state index is 11.7. The molecule has 0 saturated carbocycles. The number of hydrogen-bond donors (Lipinski definition) is 3. The number of ether oxygens (including phenoxy) is 2. The molecule has 0 radical (unpaired) electrons. The van der Waals surface area contributed by atoms with E-state index in [0.29, 0.717) is 29.7 Å². The summed E-state index contributed by atoms with van der Waals surface area (Å²) in [5, 5.41) is 0.833. The molecule has 12 heteroatoms. The number of anilines is 1. The van der Waals surface area contributed by atoms with Gasteiger partial charge >= 0.3 is 5.97 Å². The second-order valence-corrected chi connectivity index (χ2v) is 6.41. The molecule has 30 heavy (non-hydrogen) atoms. The van der Waals surface area contributed by atoms with Gasteiger partial charge in [0.25, 0.3) is 0 Å². The fourth-order valence-corrected chi connectivity index (χ4v) is 2.55. The number of rotatable bonds is 5. The number of H-pyrrole nitrogens is 2.